The molecule has 0 bridgehead atoms. The number of pyridine rings is 2. The Balaban J connectivity index is 1.29. The number of benzene rings is 2. The summed E-state index contributed by atoms with van der Waals surface area (Å²) in [4.78, 5) is 19.6. The molecule has 0 atom stereocenters. The van der Waals surface area contributed by atoms with E-state index in [-0.39, 0.29) is 5.54 Å². The zero-order chi connectivity index (χ0) is 30.5. The van der Waals surface area contributed by atoms with Gasteiger partial charge >= 0.3 is 0 Å². The Morgan fingerprint density at radius 3 is 2.34 bits per heavy atom. The lowest BCUT2D eigenvalue weighted by Gasteiger charge is -2.41. The first-order chi connectivity index (χ1) is 21.3. The van der Waals surface area contributed by atoms with Crippen LogP contribution in [-0.4, -0.2) is 64.7 Å². The van der Waals surface area contributed by atoms with Gasteiger partial charge in [0.1, 0.15) is 11.3 Å². The highest BCUT2D eigenvalue weighted by Gasteiger charge is 2.38. The summed E-state index contributed by atoms with van der Waals surface area (Å²) in [5.41, 5.74) is 13.2. The van der Waals surface area contributed by atoms with Gasteiger partial charge in [-0.05, 0) is 85.1 Å². The second kappa shape index (κ2) is 11.2. The molecule has 0 amide bonds. The minimum absolute atomic E-state index is 0.193. The molecule has 7 rings (SSSR count). The fraction of sp³-hybridized carbons (Fsp3) is 0.281. The molecule has 0 spiro atoms. The molecule has 3 N–H and O–H groups in total. The van der Waals surface area contributed by atoms with Crippen LogP contribution in [0.1, 0.15) is 24.8 Å². The number of fused-ring (bicyclic) bond motifs is 1. The maximum Gasteiger partial charge on any atom is 0.211 e. The summed E-state index contributed by atoms with van der Waals surface area (Å²) in [5.74, 6) is 1.05. The number of halogens is 1. The van der Waals surface area contributed by atoms with Gasteiger partial charge in [0.05, 0.1) is 23.1 Å². The van der Waals surface area contributed by atoms with Crippen LogP contribution in [0.4, 0.5) is 11.5 Å². The van der Waals surface area contributed by atoms with E-state index in [4.69, 9.17) is 27.5 Å². The number of nitrogens with two attached hydrogens (primary N) is 1. The van der Waals surface area contributed by atoms with Crippen molar-refractivity contribution in [3.63, 3.8) is 0 Å². The molecule has 10 nitrogen and oxygen atoms in total. The Morgan fingerprint density at radius 1 is 0.909 bits per heavy atom. The van der Waals surface area contributed by atoms with Gasteiger partial charge in [0.2, 0.25) is 10.0 Å². The predicted octanol–water partition coefficient (Wildman–Crippen LogP) is 4.94. The first-order valence-electron chi connectivity index (χ1n) is 14.7. The van der Waals surface area contributed by atoms with Gasteiger partial charge in [-0.3, -0.25) is 4.57 Å². The van der Waals surface area contributed by atoms with Crippen molar-refractivity contribution in [3.05, 3.63) is 84.6 Å². The number of rotatable bonds is 7. The minimum Gasteiger partial charge on any atom is -0.383 e. The number of aromatic nitrogens is 4. The van der Waals surface area contributed by atoms with E-state index in [0.29, 0.717) is 43.5 Å². The highest BCUT2D eigenvalue weighted by molar-refractivity contribution is 7.88. The molecule has 0 radical (unpaired) electrons. The van der Waals surface area contributed by atoms with Crippen molar-refractivity contribution < 1.29 is 8.42 Å². The van der Waals surface area contributed by atoms with Crippen molar-refractivity contribution in [2.24, 2.45) is 0 Å². The van der Waals surface area contributed by atoms with E-state index in [1.165, 1.54) is 10.6 Å². The molecular weight excluding hydrogens is 596 g/mol. The van der Waals surface area contributed by atoms with Crippen LogP contribution in [0.3, 0.4) is 0 Å². The molecule has 2 aliphatic rings. The Hall–Kier alpha value is -4.03. The van der Waals surface area contributed by atoms with Gasteiger partial charge in [-0.15, -0.1) is 0 Å². The minimum atomic E-state index is -3.19. The van der Waals surface area contributed by atoms with Crippen molar-refractivity contribution in [3.8, 4) is 28.3 Å². The Morgan fingerprint density at radius 2 is 1.68 bits per heavy atom. The quantitative estimate of drug-likeness (QED) is 0.243. The lowest BCUT2D eigenvalue weighted by molar-refractivity contribution is 0.227. The molecule has 4 heterocycles. The molecule has 12 heteroatoms. The fourth-order valence-corrected chi connectivity index (χ4v) is 7.31. The fourth-order valence-electron chi connectivity index (χ4n) is 6.19. The molecule has 44 heavy (non-hydrogen) atoms. The third kappa shape index (κ3) is 5.09. The van der Waals surface area contributed by atoms with Crippen LogP contribution in [0, 0.1) is 0 Å². The number of sulfonamides is 1. The van der Waals surface area contributed by atoms with E-state index in [1.807, 2.05) is 41.0 Å². The highest BCUT2D eigenvalue weighted by Crippen LogP contribution is 2.42. The third-order valence-electron chi connectivity index (χ3n) is 8.86. The average molecular weight is 629 g/mol. The molecule has 5 aromatic rings. The maximum absolute atomic E-state index is 12.0. The summed E-state index contributed by atoms with van der Waals surface area (Å²) in [5, 5.41) is 0. The van der Waals surface area contributed by atoms with Gasteiger partial charge in [0.15, 0.2) is 11.5 Å². The zero-order valence-corrected chi connectivity index (χ0v) is 25.9. The van der Waals surface area contributed by atoms with Gasteiger partial charge in [0.25, 0.3) is 0 Å². The van der Waals surface area contributed by atoms with Gasteiger partial charge in [-0.1, -0.05) is 24.3 Å². The Labute approximate surface area is 261 Å². The molecule has 1 aliphatic carbocycles. The number of nitrogens with one attached hydrogen (secondary N) is 1. The van der Waals surface area contributed by atoms with E-state index < -0.39 is 10.0 Å². The first kappa shape index (κ1) is 28.7. The zero-order valence-electron chi connectivity index (χ0n) is 24.3. The van der Waals surface area contributed by atoms with Gasteiger partial charge in [0, 0.05) is 49.3 Å². The van der Waals surface area contributed by atoms with Crippen LogP contribution < -0.4 is 15.5 Å². The number of nitrogens with zero attached hydrogens (tertiary/aromatic N) is 6. The molecule has 1 saturated heterocycles. The SMILES string of the molecule is CS(=O)(=O)N1CCN(c2cccc(-c3ccc4nc(-c5cccnc5N)n(-c5ccc(C6(NCl)CCC6)cc5)c4n3)c2)CC1. The highest BCUT2D eigenvalue weighted by atomic mass is 35.5. The second-order valence-corrected chi connectivity index (χ2v) is 13.7. The normalized spacial score (nSPS) is 17.1. The van der Waals surface area contributed by atoms with E-state index in [0.717, 1.165) is 58.5 Å². The van der Waals surface area contributed by atoms with E-state index in [2.05, 4.69) is 51.1 Å². The Kier molecular flexibility index (Phi) is 7.28. The lowest BCUT2D eigenvalue weighted by atomic mass is 9.73. The van der Waals surface area contributed by atoms with Crippen LogP contribution in [-0.2, 0) is 15.6 Å². The van der Waals surface area contributed by atoms with Crippen LogP contribution in [0.5, 0.6) is 0 Å². The topological polar surface area (TPSA) is 122 Å². The number of imidazole rings is 1. The van der Waals surface area contributed by atoms with E-state index in [9.17, 15) is 8.42 Å². The van der Waals surface area contributed by atoms with Crippen LogP contribution in [0.15, 0.2) is 79.0 Å². The number of hydrogen-bond donors (Lipinski definition) is 2. The smallest absolute Gasteiger partial charge is 0.211 e. The summed E-state index contributed by atoms with van der Waals surface area (Å²) in [6.07, 6.45) is 6.07. The van der Waals surface area contributed by atoms with Crippen molar-refractivity contribution in [2.45, 2.75) is 24.8 Å². The number of hydrogen-bond acceptors (Lipinski definition) is 8. The monoisotopic (exact) mass is 628 g/mol. The molecule has 1 saturated carbocycles. The van der Waals surface area contributed by atoms with Crippen molar-refractivity contribution in [2.75, 3.05) is 43.1 Å². The summed E-state index contributed by atoms with van der Waals surface area (Å²) in [6.45, 7) is 2.19. The van der Waals surface area contributed by atoms with Crippen molar-refractivity contribution >= 4 is 44.5 Å². The number of nitrogen functional groups attached to an aromatic ring is 1. The summed E-state index contributed by atoms with van der Waals surface area (Å²) >= 11 is 6.17. The molecule has 226 valence electrons. The maximum atomic E-state index is 12.0. The van der Waals surface area contributed by atoms with E-state index >= 15 is 0 Å². The van der Waals surface area contributed by atoms with E-state index in [1.54, 1.807) is 6.20 Å². The summed E-state index contributed by atoms with van der Waals surface area (Å²) in [7, 11) is -3.19. The van der Waals surface area contributed by atoms with Crippen LogP contribution in [0.25, 0.3) is 39.5 Å². The molecule has 0 unspecified atom stereocenters. The van der Waals surface area contributed by atoms with Crippen molar-refractivity contribution in [1.82, 2.24) is 28.7 Å². The molecule has 2 fully saturated rings. The average Bonchev–Trinajstić information content (AvgIpc) is 3.40. The van der Waals surface area contributed by atoms with Gasteiger partial charge < -0.3 is 10.6 Å². The lowest BCUT2D eigenvalue weighted by Crippen LogP contribution is -2.48. The van der Waals surface area contributed by atoms with Crippen LogP contribution >= 0.6 is 11.8 Å². The predicted molar refractivity (Wildman–Crippen MR) is 175 cm³/mol. The summed E-state index contributed by atoms with van der Waals surface area (Å²) in [6, 6.07) is 24.3. The largest absolute Gasteiger partial charge is 0.383 e. The van der Waals surface area contributed by atoms with Gasteiger partial charge in [-0.2, -0.15) is 4.31 Å². The molecule has 3 aromatic heterocycles. The molecule has 2 aromatic carbocycles. The second-order valence-electron chi connectivity index (χ2n) is 11.5. The standard InChI is InChI=1S/C32H33ClN8O2S/c1-44(42,43)40-19-17-39(18-20-40)25-6-2-5-22(21-25)27-12-13-28-31(36-27)41(30(37-28)26-7-3-16-35-29(26)34)24-10-8-23(9-11-24)32(38-33)14-4-15-32/h2-3,5-13,16,21,38H,4,14-15,17-20H2,1H3,(H2,34,35). The first-order valence-corrected chi connectivity index (χ1v) is 16.9. The third-order valence-corrected chi connectivity index (χ3v) is 10.5. The number of anilines is 2. The summed E-state index contributed by atoms with van der Waals surface area (Å²) < 4.78 is 27.5. The Bertz CT molecular complexity index is 1940. The van der Waals surface area contributed by atoms with Crippen LogP contribution in [0.2, 0.25) is 0 Å². The van der Waals surface area contributed by atoms with Gasteiger partial charge in [-0.25, -0.2) is 28.2 Å². The number of piperazine rings is 1. The molecular formula is C32H33ClN8O2S. The van der Waals surface area contributed by atoms with Crippen molar-refractivity contribution in [1.29, 1.82) is 0 Å². The molecule has 1 aliphatic heterocycles.